The Bertz CT molecular complexity index is 530. The minimum absolute atomic E-state index is 0.0438. The summed E-state index contributed by atoms with van der Waals surface area (Å²) < 4.78 is 23.6. The van der Waals surface area contributed by atoms with Crippen LogP contribution in [0.3, 0.4) is 0 Å². The largest absolute Gasteiger partial charge is 0.478 e. The Balaban J connectivity index is 1.60. The smallest absolute Gasteiger partial charge is 0.408 e. The first-order valence-corrected chi connectivity index (χ1v) is 7.03. The molecule has 0 saturated heterocycles. The number of halogens is 1. The van der Waals surface area contributed by atoms with E-state index in [1.807, 2.05) is 0 Å². The van der Waals surface area contributed by atoms with Gasteiger partial charge in [-0.25, -0.2) is 9.18 Å². The van der Waals surface area contributed by atoms with E-state index < -0.39 is 11.9 Å². The minimum atomic E-state index is -0.439. The molecule has 0 aliphatic heterocycles. The van der Waals surface area contributed by atoms with Gasteiger partial charge in [-0.1, -0.05) is 24.0 Å². The second kappa shape index (κ2) is 8.15. The predicted octanol–water partition coefficient (Wildman–Crippen LogP) is 2.88. The van der Waals surface area contributed by atoms with Gasteiger partial charge in [-0.15, -0.1) is 0 Å². The Hall–Kier alpha value is -2.22. The van der Waals surface area contributed by atoms with Gasteiger partial charge in [-0.05, 0) is 37.8 Å². The normalized spacial score (nSPS) is 14.1. The molecule has 5 heteroatoms. The van der Waals surface area contributed by atoms with Crippen LogP contribution in [0.15, 0.2) is 24.3 Å². The molecule has 2 rings (SSSR count). The number of hydrogen-bond acceptors (Lipinski definition) is 3. The zero-order chi connectivity index (χ0) is 14.9. The van der Waals surface area contributed by atoms with E-state index in [2.05, 4.69) is 17.2 Å². The molecule has 0 unspecified atom stereocenters. The molecular weight excluding hydrogens is 273 g/mol. The van der Waals surface area contributed by atoms with E-state index in [1.165, 1.54) is 12.1 Å². The van der Waals surface area contributed by atoms with Crippen molar-refractivity contribution in [3.8, 4) is 17.6 Å². The average Bonchev–Trinajstić information content (AvgIpc) is 2.97. The van der Waals surface area contributed by atoms with Gasteiger partial charge < -0.3 is 14.8 Å². The van der Waals surface area contributed by atoms with Crippen LogP contribution in [0.25, 0.3) is 0 Å². The molecule has 1 aliphatic rings. The number of ether oxygens (including phenoxy) is 2. The van der Waals surface area contributed by atoms with Crippen LogP contribution in [0, 0.1) is 17.7 Å². The monoisotopic (exact) mass is 291 g/mol. The van der Waals surface area contributed by atoms with Crippen molar-refractivity contribution >= 4 is 6.09 Å². The molecule has 1 aromatic rings. The van der Waals surface area contributed by atoms with Crippen molar-refractivity contribution in [3.63, 3.8) is 0 Å². The molecule has 1 aromatic carbocycles. The van der Waals surface area contributed by atoms with Gasteiger partial charge >= 0.3 is 6.09 Å². The molecule has 0 aromatic heterocycles. The highest BCUT2D eigenvalue weighted by molar-refractivity contribution is 5.67. The van der Waals surface area contributed by atoms with Gasteiger partial charge in [-0.3, -0.25) is 0 Å². The Morgan fingerprint density at radius 1 is 1.29 bits per heavy atom. The van der Waals surface area contributed by atoms with E-state index in [9.17, 15) is 9.18 Å². The lowest BCUT2D eigenvalue weighted by Gasteiger charge is -2.10. The summed E-state index contributed by atoms with van der Waals surface area (Å²) in [5, 5.41) is 2.56. The number of amides is 1. The highest BCUT2D eigenvalue weighted by Gasteiger charge is 2.18. The first-order valence-electron chi connectivity index (χ1n) is 7.03. The van der Waals surface area contributed by atoms with Gasteiger partial charge in [0, 0.05) is 0 Å². The highest BCUT2D eigenvalue weighted by Crippen LogP contribution is 2.20. The molecule has 0 radical (unpaired) electrons. The molecule has 0 atom stereocenters. The van der Waals surface area contributed by atoms with Crippen molar-refractivity contribution < 1.29 is 18.7 Å². The molecule has 21 heavy (non-hydrogen) atoms. The molecule has 1 N–H and O–H groups in total. The van der Waals surface area contributed by atoms with Gasteiger partial charge in [-0.2, -0.15) is 0 Å². The summed E-state index contributed by atoms with van der Waals surface area (Å²) in [7, 11) is 0. The van der Waals surface area contributed by atoms with Crippen LogP contribution in [-0.2, 0) is 4.74 Å². The van der Waals surface area contributed by atoms with E-state index in [0.717, 1.165) is 25.7 Å². The van der Waals surface area contributed by atoms with Crippen molar-refractivity contribution in [2.75, 3.05) is 13.2 Å². The number of nitrogens with one attached hydrogen (secondary N) is 1. The van der Waals surface area contributed by atoms with Crippen LogP contribution in [0.2, 0.25) is 0 Å². The van der Waals surface area contributed by atoms with E-state index in [4.69, 9.17) is 9.47 Å². The molecule has 0 spiro atoms. The summed E-state index contributed by atoms with van der Waals surface area (Å²) in [6.07, 6.45) is 3.72. The highest BCUT2D eigenvalue weighted by atomic mass is 19.1. The Labute approximate surface area is 123 Å². The topological polar surface area (TPSA) is 47.6 Å². The number of rotatable bonds is 4. The number of alkyl carbamates (subject to hydrolysis) is 1. The Morgan fingerprint density at radius 2 is 2.05 bits per heavy atom. The van der Waals surface area contributed by atoms with Crippen LogP contribution in [0.5, 0.6) is 5.75 Å². The van der Waals surface area contributed by atoms with Crippen LogP contribution in [-0.4, -0.2) is 25.3 Å². The third-order valence-corrected chi connectivity index (χ3v) is 3.16. The van der Waals surface area contributed by atoms with Gasteiger partial charge in [0.15, 0.2) is 11.6 Å². The van der Waals surface area contributed by atoms with Gasteiger partial charge in [0.05, 0.1) is 6.54 Å². The second-order valence-electron chi connectivity index (χ2n) is 4.74. The third-order valence-electron chi connectivity index (χ3n) is 3.16. The van der Waals surface area contributed by atoms with Crippen molar-refractivity contribution in [1.29, 1.82) is 0 Å². The lowest BCUT2D eigenvalue weighted by molar-refractivity contribution is 0.102. The maximum atomic E-state index is 13.2. The zero-order valence-electron chi connectivity index (χ0n) is 11.7. The van der Waals surface area contributed by atoms with E-state index in [0.29, 0.717) is 0 Å². The number of para-hydroxylation sites is 1. The lowest BCUT2D eigenvalue weighted by atomic mass is 10.3. The molecule has 4 nitrogen and oxygen atoms in total. The molecule has 1 aliphatic carbocycles. The van der Waals surface area contributed by atoms with E-state index in [1.54, 1.807) is 12.1 Å². The maximum Gasteiger partial charge on any atom is 0.408 e. The Kier molecular flexibility index (Phi) is 5.89. The first-order chi connectivity index (χ1) is 10.3. The molecule has 112 valence electrons. The van der Waals surface area contributed by atoms with Crippen molar-refractivity contribution in [2.24, 2.45) is 0 Å². The number of hydrogen-bond donors (Lipinski definition) is 1. The third kappa shape index (κ3) is 5.35. The number of carbonyl (C=O) groups excluding carboxylic acids is 1. The predicted molar refractivity (Wildman–Crippen MR) is 76.4 cm³/mol. The molecule has 0 heterocycles. The standard InChI is InChI=1S/C16H18FNO3/c17-14-9-3-4-10-15(14)20-12-6-5-11-18-16(19)21-13-7-1-2-8-13/h3-4,9-10,13H,1-2,7-8,11-12H2,(H,18,19). The van der Waals surface area contributed by atoms with Crippen molar-refractivity contribution in [2.45, 2.75) is 31.8 Å². The van der Waals surface area contributed by atoms with Crippen LogP contribution >= 0.6 is 0 Å². The molecule has 1 fully saturated rings. The fraction of sp³-hybridized carbons (Fsp3) is 0.438. The second-order valence-corrected chi connectivity index (χ2v) is 4.74. The van der Waals surface area contributed by atoms with Crippen molar-refractivity contribution in [1.82, 2.24) is 5.32 Å². The fourth-order valence-corrected chi connectivity index (χ4v) is 2.10. The molecule has 1 saturated carbocycles. The maximum absolute atomic E-state index is 13.2. The SMILES string of the molecule is O=C(NCC#CCOc1ccccc1F)OC1CCCC1. The molecule has 1 amide bonds. The van der Waals surface area contributed by atoms with Gasteiger partial charge in [0.2, 0.25) is 0 Å². The van der Waals surface area contributed by atoms with Crippen LogP contribution in [0.4, 0.5) is 9.18 Å². The van der Waals surface area contributed by atoms with Crippen LogP contribution < -0.4 is 10.1 Å². The summed E-state index contributed by atoms with van der Waals surface area (Å²) >= 11 is 0. The quantitative estimate of drug-likeness (QED) is 0.868. The summed E-state index contributed by atoms with van der Waals surface area (Å²) in [5.74, 6) is 5.17. The van der Waals surface area contributed by atoms with Gasteiger partial charge in [0.25, 0.3) is 0 Å². The molecule has 0 bridgehead atoms. The van der Waals surface area contributed by atoms with Gasteiger partial charge in [0.1, 0.15) is 12.7 Å². The number of carbonyl (C=O) groups is 1. The Morgan fingerprint density at radius 3 is 2.81 bits per heavy atom. The summed E-state index contributed by atoms with van der Waals surface area (Å²) in [5.41, 5.74) is 0. The van der Waals surface area contributed by atoms with E-state index >= 15 is 0 Å². The van der Waals surface area contributed by atoms with Crippen LogP contribution in [0.1, 0.15) is 25.7 Å². The summed E-state index contributed by atoms with van der Waals surface area (Å²) in [6, 6.07) is 6.14. The fourth-order valence-electron chi connectivity index (χ4n) is 2.10. The van der Waals surface area contributed by atoms with Crippen molar-refractivity contribution in [3.05, 3.63) is 30.1 Å². The van der Waals surface area contributed by atoms with E-state index in [-0.39, 0.29) is 25.0 Å². The summed E-state index contributed by atoms with van der Waals surface area (Å²) in [4.78, 5) is 11.4. The lowest BCUT2D eigenvalue weighted by Crippen LogP contribution is -2.28. The summed E-state index contributed by atoms with van der Waals surface area (Å²) in [6.45, 7) is 0.256. The molecular formula is C16H18FNO3. The number of benzene rings is 1. The zero-order valence-corrected chi connectivity index (χ0v) is 11.7. The average molecular weight is 291 g/mol. The first kappa shape index (κ1) is 15.2. The minimum Gasteiger partial charge on any atom is -0.478 e.